The SMILES string of the molecule is CNC(C)CNC(=O)c1ccc(Cn2nc(C)c([N+](=O)[O-])c2C)cc1.Cl. The van der Waals surface area contributed by atoms with Crippen LogP contribution in [0.25, 0.3) is 0 Å². The van der Waals surface area contributed by atoms with E-state index in [1.807, 2.05) is 26.1 Å². The predicted molar refractivity (Wildman–Crippen MR) is 102 cm³/mol. The predicted octanol–water partition coefficient (Wildman–Crippen LogP) is 2.22. The maximum Gasteiger partial charge on any atom is 0.312 e. The Kier molecular flexibility index (Phi) is 7.73. The van der Waals surface area contributed by atoms with Gasteiger partial charge in [-0.05, 0) is 45.5 Å². The average Bonchev–Trinajstić information content (AvgIpc) is 2.86. The summed E-state index contributed by atoms with van der Waals surface area (Å²) in [6.45, 7) is 6.26. The zero-order chi connectivity index (χ0) is 18.6. The minimum atomic E-state index is -0.409. The lowest BCUT2D eigenvalue weighted by molar-refractivity contribution is -0.386. The van der Waals surface area contributed by atoms with Crippen molar-refractivity contribution in [2.24, 2.45) is 0 Å². The second-order valence-corrected chi connectivity index (χ2v) is 6.03. The molecule has 0 spiro atoms. The number of hydrogen-bond donors (Lipinski definition) is 2. The van der Waals surface area contributed by atoms with Gasteiger partial charge in [-0.3, -0.25) is 19.6 Å². The van der Waals surface area contributed by atoms with Crippen LogP contribution in [0.3, 0.4) is 0 Å². The van der Waals surface area contributed by atoms with Gasteiger partial charge in [0, 0.05) is 18.2 Å². The van der Waals surface area contributed by atoms with Crippen LogP contribution in [-0.2, 0) is 6.54 Å². The molecule has 2 aromatic rings. The molecule has 0 saturated heterocycles. The van der Waals surface area contributed by atoms with E-state index in [9.17, 15) is 14.9 Å². The van der Waals surface area contributed by atoms with Gasteiger partial charge in [0.1, 0.15) is 11.4 Å². The number of nitro groups is 1. The van der Waals surface area contributed by atoms with E-state index in [2.05, 4.69) is 15.7 Å². The molecule has 2 N–H and O–H groups in total. The molecule has 1 aromatic heterocycles. The van der Waals surface area contributed by atoms with Gasteiger partial charge in [0.15, 0.2) is 0 Å². The number of rotatable bonds is 7. The molecule has 1 aromatic carbocycles. The average molecular weight is 382 g/mol. The van der Waals surface area contributed by atoms with Crippen LogP contribution < -0.4 is 10.6 Å². The van der Waals surface area contributed by atoms with E-state index >= 15 is 0 Å². The van der Waals surface area contributed by atoms with Crippen molar-refractivity contribution in [3.05, 3.63) is 56.9 Å². The van der Waals surface area contributed by atoms with Crippen LogP contribution in [0.2, 0.25) is 0 Å². The number of nitrogens with one attached hydrogen (secondary N) is 2. The molecule has 8 nitrogen and oxygen atoms in total. The fourth-order valence-electron chi connectivity index (χ4n) is 2.49. The van der Waals surface area contributed by atoms with Gasteiger partial charge in [0.2, 0.25) is 0 Å². The first-order valence-electron chi connectivity index (χ1n) is 8.06. The van der Waals surface area contributed by atoms with E-state index in [0.717, 1.165) is 5.56 Å². The van der Waals surface area contributed by atoms with Crippen LogP contribution in [0, 0.1) is 24.0 Å². The smallest absolute Gasteiger partial charge is 0.312 e. The minimum Gasteiger partial charge on any atom is -0.350 e. The number of aromatic nitrogens is 2. The van der Waals surface area contributed by atoms with Crippen LogP contribution in [0.4, 0.5) is 5.69 Å². The highest BCUT2D eigenvalue weighted by Crippen LogP contribution is 2.22. The first-order chi connectivity index (χ1) is 11.8. The summed E-state index contributed by atoms with van der Waals surface area (Å²) < 4.78 is 1.61. The summed E-state index contributed by atoms with van der Waals surface area (Å²) in [5.74, 6) is -0.129. The van der Waals surface area contributed by atoms with Crippen LogP contribution in [0.1, 0.15) is 34.2 Å². The standard InChI is InChI=1S/C17H23N5O3.ClH/c1-11(18-4)9-19-17(23)15-7-5-14(6-8-15)10-21-13(3)16(22(24)25)12(2)20-21;/h5-8,11,18H,9-10H2,1-4H3,(H,19,23);1H. The Labute approximate surface area is 158 Å². The molecule has 9 heteroatoms. The van der Waals surface area contributed by atoms with Crippen LogP contribution >= 0.6 is 12.4 Å². The van der Waals surface area contributed by atoms with E-state index < -0.39 is 4.92 Å². The Morgan fingerprint density at radius 2 is 1.92 bits per heavy atom. The van der Waals surface area contributed by atoms with E-state index in [4.69, 9.17) is 0 Å². The number of aryl methyl sites for hydroxylation is 1. The maximum atomic E-state index is 12.1. The molecule has 142 valence electrons. The summed E-state index contributed by atoms with van der Waals surface area (Å²) in [5.41, 5.74) is 2.46. The molecule has 0 aliphatic rings. The normalized spacial score (nSPS) is 11.5. The molecule has 1 atom stereocenters. The zero-order valence-electron chi connectivity index (χ0n) is 15.3. The van der Waals surface area contributed by atoms with Crippen molar-refractivity contribution in [2.75, 3.05) is 13.6 Å². The minimum absolute atomic E-state index is 0. The molecule has 0 bridgehead atoms. The highest BCUT2D eigenvalue weighted by atomic mass is 35.5. The Bertz CT molecular complexity index is 773. The molecule has 0 fully saturated rings. The first-order valence-corrected chi connectivity index (χ1v) is 8.06. The fourth-order valence-corrected chi connectivity index (χ4v) is 2.49. The summed E-state index contributed by atoms with van der Waals surface area (Å²) in [5, 5.41) is 21.2. The van der Waals surface area contributed by atoms with Crippen molar-refractivity contribution in [1.82, 2.24) is 20.4 Å². The largest absolute Gasteiger partial charge is 0.350 e. The molecular formula is C17H24ClN5O3. The highest BCUT2D eigenvalue weighted by Gasteiger charge is 2.21. The van der Waals surface area contributed by atoms with Gasteiger partial charge in [-0.25, -0.2) is 0 Å². The fraction of sp³-hybridized carbons (Fsp3) is 0.412. The zero-order valence-corrected chi connectivity index (χ0v) is 16.1. The van der Waals surface area contributed by atoms with Gasteiger partial charge in [0.05, 0.1) is 11.5 Å². The lowest BCUT2D eigenvalue weighted by Gasteiger charge is -2.11. The number of likely N-dealkylation sites (N-methyl/N-ethyl adjacent to an activating group) is 1. The Balaban J connectivity index is 0.00000338. The van der Waals surface area contributed by atoms with Crippen LogP contribution in [0.15, 0.2) is 24.3 Å². The molecule has 0 radical (unpaired) electrons. The summed E-state index contributed by atoms with van der Waals surface area (Å²) in [7, 11) is 1.84. The van der Waals surface area contributed by atoms with Gasteiger partial charge in [-0.2, -0.15) is 5.10 Å². The number of carbonyl (C=O) groups is 1. The number of benzene rings is 1. The van der Waals surface area contributed by atoms with Crippen molar-refractivity contribution >= 4 is 24.0 Å². The molecule has 2 rings (SSSR count). The van der Waals surface area contributed by atoms with Gasteiger partial charge >= 0.3 is 5.69 Å². The molecule has 1 heterocycles. The number of halogens is 1. The lowest BCUT2D eigenvalue weighted by atomic mass is 10.1. The quantitative estimate of drug-likeness (QED) is 0.565. The van der Waals surface area contributed by atoms with Crippen molar-refractivity contribution in [3.63, 3.8) is 0 Å². The number of hydrogen-bond acceptors (Lipinski definition) is 5. The Morgan fingerprint density at radius 1 is 1.31 bits per heavy atom. The lowest BCUT2D eigenvalue weighted by Crippen LogP contribution is -2.37. The Hall–Kier alpha value is -2.45. The second kappa shape index (κ2) is 9.30. The third-order valence-corrected chi connectivity index (χ3v) is 4.14. The third kappa shape index (κ3) is 5.03. The van der Waals surface area contributed by atoms with E-state index in [-0.39, 0.29) is 30.0 Å². The molecular weight excluding hydrogens is 358 g/mol. The van der Waals surface area contributed by atoms with E-state index in [1.165, 1.54) is 0 Å². The summed E-state index contributed by atoms with van der Waals surface area (Å²) in [6, 6.07) is 7.35. The second-order valence-electron chi connectivity index (χ2n) is 6.03. The van der Waals surface area contributed by atoms with Crippen molar-refractivity contribution < 1.29 is 9.72 Å². The van der Waals surface area contributed by atoms with Crippen molar-refractivity contribution in [3.8, 4) is 0 Å². The first kappa shape index (κ1) is 21.6. The molecule has 1 amide bonds. The summed E-state index contributed by atoms with van der Waals surface area (Å²) >= 11 is 0. The molecule has 0 saturated carbocycles. The van der Waals surface area contributed by atoms with Crippen molar-refractivity contribution in [2.45, 2.75) is 33.4 Å². The number of carbonyl (C=O) groups excluding carboxylic acids is 1. The maximum absolute atomic E-state index is 12.1. The van der Waals surface area contributed by atoms with Gasteiger partial charge in [-0.1, -0.05) is 12.1 Å². The number of amides is 1. The molecule has 1 unspecified atom stereocenters. The molecule has 0 aliphatic heterocycles. The Morgan fingerprint density at radius 3 is 2.42 bits per heavy atom. The van der Waals surface area contributed by atoms with Crippen LogP contribution in [0.5, 0.6) is 0 Å². The summed E-state index contributed by atoms with van der Waals surface area (Å²) in [6.07, 6.45) is 0. The topological polar surface area (TPSA) is 102 Å². The summed E-state index contributed by atoms with van der Waals surface area (Å²) in [4.78, 5) is 22.7. The highest BCUT2D eigenvalue weighted by molar-refractivity contribution is 5.94. The monoisotopic (exact) mass is 381 g/mol. The molecule has 26 heavy (non-hydrogen) atoms. The molecule has 0 aliphatic carbocycles. The number of nitrogens with zero attached hydrogens (tertiary/aromatic N) is 3. The van der Waals surface area contributed by atoms with E-state index in [0.29, 0.717) is 30.0 Å². The van der Waals surface area contributed by atoms with Gasteiger partial charge in [0.25, 0.3) is 5.91 Å². The third-order valence-electron chi connectivity index (χ3n) is 4.14. The van der Waals surface area contributed by atoms with Gasteiger partial charge in [-0.15, -0.1) is 12.4 Å². The van der Waals surface area contributed by atoms with E-state index in [1.54, 1.807) is 30.7 Å². The van der Waals surface area contributed by atoms with Crippen molar-refractivity contribution in [1.29, 1.82) is 0 Å². The van der Waals surface area contributed by atoms with Crippen LogP contribution in [-0.4, -0.2) is 40.2 Å². The van der Waals surface area contributed by atoms with Gasteiger partial charge < -0.3 is 10.6 Å².